The van der Waals surface area contributed by atoms with Crippen molar-refractivity contribution in [2.24, 2.45) is 0 Å². The first-order valence-corrected chi connectivity index (χ1v) is 5.82. The van der Waals surface area contributed by atoms with Crippen molar-refractivity contribution in [3.8, 4) is 17.2 Å². The molecule has 3 N–H and O–H groups in total. The molecular weight excluding hydrogens is 290 g/mol. The Morgan fingerprint density at radius 1 is 1.41 bits per heavy atom. The number of ether oxygens (including phenoxy) is 2. The van der Waals surface area contributed by atoms with Gasteiger partial charge in [0.25, 0.3) is 0 Å². The van der Waals surface area contributed by atoms with Gasteiger partial charge in [-0.15, -0.1) is 0 Å². The maximum atomic E-state index is 10.1. The number of aliphatic hydroxyl groups is 1. The zero-order valence-corrected chi connectivity index (χ0v) is 11.5. The Bertz CT molecular complexity index is 398. The fourth-order valence-electron chi connectivity index (χ4n) is 1.57. The van der Waals surface area contributed by atoms with Crippen LogP contribution in [0.15, 0.2) is 10.5 Å². The molecule has 17 heavy (non-hydrogen) atoms. The third-order valence-electron chi connectivity index (χ3n) is 2.36. The average molecular weight is 306 g/mol. The van der Waals surface area contributed by atoms with Gasteiger partial charge in [-0.1, -0.05) is 15.9 Å². The molecule has 0 bridgehead atoms. The molecule has 0 radical (unpaired) electrons. The Labute approximate surface area is 108 Å². The third-order valence-corrected chi connectivity index (χ3v) is 3.02. The lowest BCUT2D eigenvalue weighted by molar-refractivity contribution is 0.171. The smallest absolute Gasteiger partial charge is 0.203 e. The van der Waals surface area contributed by atoms with Crippen molar-refractivity contribution in [3.05, 3.63) is 16.1 Å². The fourth-order valence-corrected chi connectivity index (χ4v) is 2.23. The van der Waals surface area contributed by atoms with E-state index < -0.39 is 6.10 Å². The first-order valence-electron chi connectivity index (χ1n) is 5.02. The van der Waals surface area contributed by atoms with Crippen LogP contribution in [0, 0.1) is 0 Å². The van der Waals surface area contributed by atoms with Crippen molar-refractivity contribution < 1.29 is 19.7 Å². The molecule has 6 heteroatoms. The van der Waals surface area contributed by atoms with E-state index in [1.54, 1.807) is 13.1 Å². The Morgan fingerprint density at radius 2 is 2.06 bits per heavy atom. The number of hydrogen-bond donors (Lipinski definition) is 3. The second kappa shape index (κ2) is 6.09. The summed E-state index contributed by atoms with van der Waals surface area (Å²) in [6, 6.07) is 1.65. The lowest BCUT2D eigenvalue weighted by Gasteiger charge is -2.18. The lowest BCUT2D eigenvalue weighted by atomic mass is 10.1. The summed E-state index contributed by atoms with van der Waals surface area (Å²) in [6.07, 6.45) is -0.839. The maximum absolute atomic E-state index is 10.1. The van der Waals surface area contributed by atoms with Crippen LogP contribution in [-0.4, -0.2) is 38.0 Å². The van der Waals surface area contributed by atoms with E-state index in [0.717, 1.165) is 0 Å². The Kier molecular flexibility index (Phi) is 5.04. The van der Waals surface area contributed by atoms with E-state index in [2.05, 4.69) is 21.2 Å². The number of hydrogen-bond acceptors (Lipinski definition) is 5. The van der Waals surface area contributed by atoms with Crippen molar-refractivity contribution in [2.45, 2.75) is 6.10 Å². The quantitative estimate of drug-likeness (QED) is 0.767. The number of halogens is 1. The molecule has 0 saturated heterocycles. The van der Waals surface area contributed by atoms with E-state index in [4.69, 9.17) is 9.47 Å². The molecule has 5 nitrogen and oxygen atoms in total. The highest BCUT2D eigenvalue weighted by Gasteiger charge is 2.22. The van der Waals surface area contributed by atoms with Crippen molar-refractivity contribution in [1.82, 2.24) is 5.32 Å². The number of methoxy groups -OCH3 is 2. The molecule has 0 heterocycles. The topological polar surface area (TPSA) is 71.0 Å². The Hall–Kier alpha value is -0.980. The van der Waals surface area contributed by atoms with Crippen LogP contribution in [0.4, 0.5) is 0 Å². The zero-order chi connectivity index (χ0) is 13.0. The predicted molar refractivity (Wildman–Crippen MR) is 67.8 cm³/mol. The molecule has 96 valence electrons. The number of phenolic OH excluding ortho intramolecular Hbond substituents is 1. The van der Waals surface area contributed by atoms with Gasteiger partial charge < -0.3 is 25.0 Å². The van der Waals surface area contributed by atoms with Gasteiger partial charge in [0, 0.05) is 16.6 Å². The van der Waals surface area contributed by atoms with Gasteiger partial charge in [0.15, 0.2) is 11.5 Å². The summed E-state index contributed by atoms with van der Waals surface area (Å²) in [7, 11) is 4.63. The van der Waals surface area contributed by atoms with Crippen molar-refractivity contribution in [1.29, 1.82) is 0 Å². The summed E-state index contributed by atoms with van der Waals surface area (Å²) in [6.45, 7) is 0.321. The van der Waals surface area contributed by atoms with Gasteiger partial charge in [0.05, 0.1) is 20.3 Å². The average Bonchev–Trinajstić information content (AvgIpc) is 2.28. The van der Waals surface area contributed by atoms with E-state index in [1.807, 2.05) is 0 Å². The Morgan fingerprint density at radius 3 is 2.53 bits per heavy atom. The number of aromatic hydroxyl groups is 1. The largest absolute Gasteiger partial charge is 0.504 e. The van der Waals surface area contributed by atoms with Crippen LogP contribution >= 0.6 is 15.9 Å². The zero-order valence-electron chi connectivity index (χ0n) is 9.95. The highest BCUT2D eigenvalue weighted by Crippen LogP contribution is 2.45. The van der Waals surface area contributed by atoms with Gasteiger partial charge in [0.1, 0.15) is 0 Å². The molecular formula is C11H16BrNO4. The summed E-state index contributed by atoms with van der Waals surface area (Å²) in [5, 5.41) is 22.8. The van der Waals surface area contributed by atoms with E-state index >= 15 is 0 Å². The van der Waals surface area contributed by atoms with Gasteiger partial charge in [-0.3, -0.25) is 0 Å². The van der Waals surface area contributed by atoms with E-state index in [9.17, 15) is 10.2 Å². The first kappa shape index (κ1) is 14.1. The number of benzene rings is 1. The van der Waals surface area contributed by atoms with Gasteiger partial charge in [-0.2, -0.15) is 0 Å². The number of aliphatic hydroxyl groups excluding tert-OH is 1. The summed E-state index contributed by atoms with van der Waals surface area (Å²) in [5.74, 6) is 0.486. The summed E-state index contributed by atoms with van der Waals surface area (Å²) >= 11 is 3.29. The second-order valence-corrected chi connectivity index (χ2v) is 4.28. The molecule has 0 amide bonds. The Balaban J connectivity index is 3.31. The number of nitrogens with one attached hydrogen (secondary N) is 1. The summed E-state index contributed by atoms with van der Waals surface area (Å²) in [4.78, 5) is 0. The van der Waals surface area contributed by atoms with Gasteiger partial charge >= 0.3 is 0 Å². The maximum Gasteiger partial charge on any atom is 0.203 e. The molecule has 1 rings (SSSR count). The third kappa shape index (κ3) is 2.83. The molecule has 1 atom stereocenters. The van der Waals surface area contributed by atoms with E-state index in [1.165, 1.54) is 14.2 Å². The fraction of sp³-hybridized carbons (Fsp3) is 0.455. The van der Waals surface area contributed by atoms with Gasteiger partial charge in [-0.25, -0.2) is 0 Å². The van der Waals surface area contributed by atoms with E-state index in [-0.39, 0.29) is 11.5 Å². The van der Waals surface area contributed by atoms with E-state index in [0.29, 0.717) is 22.3 Å². The van der Waals surface area contributed by atoms with Crippen LogP contribution in [-0.2, 0) is 0 Å². The lowest BCUT2D eigenvalue weighted by Crippen LogP contribution is -2.17. The molecule has 1 aromatic carbocycles. The minimum absolute atomic E-state index is 0.124. The van der Waals surface area contributed by atoms with Crippen LogP contribution in [0.5, 0.6) is 17.2 Å². The number of phenols is 1. The summed E-state index contributed by atoms with van der Waals surface area (Å²) in [5.41, 5.74) is 0.372. The first-order chi connectivity index (χ1) is 8.06. The van der Waals surface area contributed by atoms with Gasteiger partial charge in [-0.05, 0) is 13.1 Å². The molecule has 0 spiro atoms. The number of likely N-dealkylation sites (N-methyl/N-ethyl adjacent to an activating group) is 1. The highest BCUT2D eigenvalue weighted by atomic mass is 79.9. The SMILES string of the molecule is CNCC(O)c1c(Br)cc(OC)c(OC)c1O. The second-order valence-electron chi connectivity index (χ2n) is 3.43. The monoisotopic (exact) mass is 305 g/mol. The van der Waals surface area contributed by atoms with Gasteiger partial charge in [0.2, 0.25) is 5.75 Å². The molecule has 0 aliphatic heterocycles. The minimum Gasteiger partial charge on any atom is -0.504 e. The molecule has 1 aromatic rings. The van der Waals surface area contributed by atoms with Crippen LogP contribution in [0.2, 0.25) is 0 Å². The molecule has 0 fully saturated rings. The van der Waals surface area contributed by atoms with Crippen LogP contribution in [0.3, 0.4) is 0 Å². The molecule has 0 saturated carbocycles. The van der Waals surface area contributed by atoms with Crippen LogP contribution in [0.25, 0.3) is 0 Å². The van der Waals surface area contributed by atoms with Crippen LogP contribution in [0.1, 0.15) is 11.7 Å². The molecule has 0 aliphatic rings. The van der Waals surface area contributed by atoms with Crippen molar-refractivity contribution in [3.63, 3.8) is 0 Å². The standard InChI is InChI=1S/C11H16BrNO4/c1-13-5-7(14)9-6(12)4-8(16-2)11(17-3)10(9)15/h4,7,13-15H,5H2,1-3H3. The molecule has 0 aromatic heterocycles. The van der Waals surface area contributed by atoms with Crippen LogP contribution < -0.4 is 14.8 Å². The molecule has 1 unspecified atom stereocenters. The van der Waals surface area contributed by atoms with Crippen molar-refractivity contribution >= 4 is 15.9 Å². The molecule has 0 aliphatic carbocycles. The van der Waals surface area contributed by atoms with Crippen molar-refractivity contribution in [2.75, 3.05) is 27.8 Å². The number of rotatable bonds is 5. The highest BCUT2D eigenvalue weighted by molar-refractivity contribution is 9.10. The normalized spacial score (nSPS) is 12.3. The minimum atomic E-state index is -0.839. The summed E-state index contributed by atoms with van der Waals surface area (Å²) < 4.78 is 10.7. The predicted octanol–water partition coefficient (Wildman–Crippen LogP) is 1.42.